The summed E-state index contributed by atoms with van der Waals surface area (Å²) < 4.78 is 0. The maximum atomic E-state index is 12.2. The highest BCUT2D eigenvalue weighted by molar-refractivity contribution is 5.90. The van der Waals surface area contributed by atoms with Gasteiger partial charge in [0.2, 0.25) is 11.8 Å². The summed E-state index contributed by atoms with van der Waals surface area (Å²) in [5.41, 5.74) is 5.47. The van der Waals surface area contributed by atoms with E-state index in [9.17, 15) is 9.59 Å². The third-order valence-electron chi connectivity index (χ3n) is 2.77. The van der Waals surface area contributed by atoms with E-state index in [1.807, 2.05) is 48.5 Å². The zero-order valence-electron chi connectivity index (χ0n) is 13.2. The van der Waals surface area contributed by atoms with Crippen LogP contribution in [0, 0.1) is 11.8 Å². The summed E-state index contributed by atoms with van der Waals surface area (Å²) in [7, 11) is 0. The standard InChI is InChI=1S/C14H29N3O2/c1-8(2)10(15)12(18)16-11(9(3)4)13(19)17-14(5,6)7/h8-11H,15H2,1-7H3,(H,16,18)(H,17,19). The van der Waals surface area contributed by atoms with Crippen LogP contribution in [0.15, 0.2) is 0 Å². The minimum absolute atomic E-state index is 0.00524. The molecule has 0 spiro atoms. The predicted octanol–water partition coefficient (Wildman–Crippen LogP) is 1.03. The van der Waals surface area contributed by atoms with Crippen LogP contribution >= 0.6 is 0 Å². The molecule has 0 aromatic rings. The van der Waals surface area contributed by atoms with Crippen molar-refractivity contribution < 1.29 is 9.59 Å². The highest BCUT2D eigenvalue weighted by Crippen LogP contribution is 2.07. The number of hydrogen-bond acceptors (Lipinski definition) is 3. The van der Waals surface area contributed by atoms with Crippen LogP contribution in [0.3, 0.4) is 0 Å². The number of carbonyl (C=O) groups excluding carboxylic acids is 2. The Bertz CT molecular complexity index is 319. The molecule has 0 saturated heterocycles. The lowest BCUT2D eigenvalue weighted by Gasteiger charge is -2.28. The van der Waals surface area contributed by atoms with E-state index in [0.29, 0.717) is 0 Å². The van der Waals surface area contributed by atoms with E-state index in [4.69, 9.17) is 5.73 Å². The van der Waals surface area contributed by atoms with Crippen LogP contribution in [-0.4, -0.2) is 29.4 Å². The second kappa shape index (κ2) is 6.89. The molecule has 0 aliphatic carbocycles. The Labute approximate surface area is 116 Å². The van der Waals surface area contributed by atoms with Crippen LogP contribution in [0.1, 0.15) is 48.5 Å². The first-order valence-electron chi connectivity index (χ1n) is 6.83. The van der Waals surface area contributed by atoms with Crippen molar-refractivity contribution in [1.82, 2.24) is 10.6 Å². The zero-order chi connectivity index (χ0) is 15.4. The molecule has 2 atom stereocenters. The molecule has 5 heteroatoms. The molecular weight excluding hydrogens is 242 g/mol. The van der Waals surface area contributed by atoms with Gasteiger partial charge in [-0.3, -0.25) is 9.59 Å². The molecule has 0 fully saturated rings. The van der Waals surface area contributed by atoms with Gasteiger partial charge in [0.05, 0.1) is 6.04 Å². The number of nitrogens with two attached hydrogens (primary N) is 1. The molecule has 5 nitrogen and oxygen atoms in total. The molecule has 0 saturated carbocycles. The van der Waals surface area contributed by atoms with Crippen molar-refractivity contribution in [3.05, 3.63) is 0 Å². The Kier molecular flexibility index (Phi) is 6.49. The van der Waals surface area contributed by atoms with Crippen LogP contribution in [-0.2, 0) is 9.59 Å². The first-order chi connectivity index (χ1) is 8.45. The van der Waals surface area contributed by atoms with E-state index >= 15 is 0 Å². The molecule has 2 amide bonds. The van der Waals surface area contributed by atoms with Crippen LogP contribution in [0.2, 0.25) is 0 Å². The van der Waals surface area contributed by atoms with Gasteiger partial charge < -0.3 is 16.4 Å². The Morgan fingerprint density at radius 2 is 1.42 bits per heavy atom. The topological polar surface area (TPSA) is 84.2 Å². The summed E-state index contributed by atoms with van der Waals surface area (Å²) in [5, 5.41) is 5.62. The molecule has 0 aliphatic heterocycles. The van der Waals surface area contributed by atoms with Crippen molar-refractivity contribution in [3.63, 3.8) is 0 Å². The number of nitrogens with one attached hydrogen (secondary N) is 2. The summed E-state index contributed by atoms with van der Waals surface area (Å²) in [6, 6.07) is -1.15. The second-order valence-electron chi connectivity index (χ2n) is 6.74. The van der Waals surface area contributed by atoms with E-state index in [2.05, 4.69) is 10.6 Å². The molecule has 2 unspecified atom stereocenters. The van der Waals surface area contributed by atoms with Gasteiger partial charge in [-0.2, -0.15) is 0 Å². The quantitative estimate of drug-likeness (QED) is 0.698. The number of hydrogen-bond donors (Lipinski definition) is 3. The molecule has 4 N–H and O–H groups in total. The van der Waals surface area contributed by atoms with Gasteiger partial charge >= 0.3 is 0 Å². The lowest BCUT2D eigenvalue weighted by molar-refractivity contribution is -0.132. The van der Waals surface area contributed by atoms with Gasteiger partial charge in [-0.05, 0) is 32.6 Å². The molecular formula is C14H29N3O2. The molecule has 112 valence electrons. The van der Waals surface area contributed by atoms with Crippen LogP contribution < -0.4 is 16.4 Å². The molecule has 0 bridgehead atoms. The summed E-state index contributed by atoms with van der Waals surface area (Å²) in [5.74, 6) is -0.409. The fourth-order valence-electron chi connectivity index (χ4n) is 1.53. The average molecular weight is 271 g/mol. The van der Waals surface area contributed by atoms with Gasteiger partial charge in [0.15, 0.2) is 0 Å². The molecule has 0 radical (unpaired) electrons. The van der Waals surface area contributed by atoms with Gasteiger partial charge in [0.1, 0.15) is 6.04 Å². The Morgan fingerprint density at radius 1 is 0.947 bits per heavy atom. The monoisotopic (exact) mass is 271 g/mol. The van der Waals surface area contributed by atoms with Crippen molar-refractivity contribution in [2.45, 2.75) is 66.1 Å². The van der Waals surface area contributed by atoms with Crippen LogP contribution in [0.5, 0.6) is 0 Å². The van der Waals surface area contributed by atoms with Crippen molar-refractivity contribution in [2.75, 3.05) is 0 Å². The van der Waals surface area contributed by atoms with Crippen LogP contribution in [0.4, 0.5) is 0 Å². The molecule has 0 heterocycles. The van der Waals surface area contributed by atoms with Gasteiger partial charge in [0.25, 0.3) is 0 Å². The summed E-state index contributed by atoms with van der Waals surface area (Å²) in [4.78, 5) is 24.1. The van der Waals surface area contributed by atoms with Crippen molar-refractivity contribution in [3.8, 4) is 0 Å². The Morgan fingerprint density at radius 3 is 1.74 bits per heavy atom. The lowest BCUT2D eigenvalue weighted by atomic mass is 9.99. The predicted molar refractivity (Wildman–Crippen MR) is 77.5 cm³/mol. The Hall–Kier alpha value is -1.10. The lowest BCUT2D eigenvalue weighted by Crippen LogP contribution is -2.57. The first-order valence-corrected chi connectivity index (χ1v) is 6.83. The van der Waals surface area contributed by atoms with E-state index in [-0.39, 0.29) is 29.2 Å². The van der Waals surface area contributed by atoms with Crippen molar-refractivity contribution in [1.29, 1.82) is 0 Å². The third-order valence-corrected chi connectivity index (χ3v) is 2.77. The largest absolute Gasteiger partial charge is 0.350 e. The Balaban J connectivity index is 4.76. The SMILES string of the molecule is CC(C)C(N)C(=O)NC(C(=O)NC(C)(C)C)C(C)C. The number of carbonyl (C=O) groups is 2. The first kappa shape index (κ1) is 17.9. The molecule has 0 aliphatic rings. The van der Waals surface area contributed by atoms with E-state index in [1.54, 1.807) is 0 Å². The van der Waals surface area contributed by atoms with Gasteiger partial charge in [-0.25, -0.2) is 0 Å². The van der Waals surface area contributed by atoms with Crippen molar-refractivity contribution >= 4 is 11.8 Å². The fourth-order valence-corrected chi connectivity index (χ4v) is 1.53. The second-order valence-corrected chi connectivity index (χ2v) is 6.74. The third kappa shape index (κ3) is 6.57. The minimum Gasteiger partial charge on any atom is -0.350 e. The van der Waals surface area contributed by atoms with Crippen molar-refractivity contribution in [2.24, 2.45) is 17.6 Å². The van der Waals surface area contributed by atoms with Gasteiger partial charge in [0, 0.05) is 5.54 Å². The summed E-state index contributed by atoms with van der Waals surface area (Å²) >= 11 is 0. The maximum Gasteiger partial charge on any atom is 0.243 e. The van der Waals surface area contributed by atoms with E-state index < -0.39 is 12.1 Å². The number of rotatable bonds is 5. The normalized spacial score (nSPS) is 15.3. The molecule has 0 aromatic heterocycles. The fraction of sp³-hybridized carbons (Fsp3) is 0.857. The molecule has 0 rings (SSSR count). The number of amides is 2. The average Bonchev–Trinajstić information content (AvgIpc) is 2.20. The molecule has 19 heavy (non-hydrogen) atoms. The van der Waals surface area contributed by atoms with Gasteiger partial charge in [-0.1, -0.05) is 27.7 Å². The summed E-state index contributed by atoms with van der Waals surface area (Å²) in [6.45, 7) is 13.3. The highest BCUT2D eigenvalue weighted by Gasteiger charge is 2.29. The molecule has 0 aromatic carbocycles. The maximum absolute atomic E-state index is 12.2. The van der Waals surface area contributed by atoms with Crippen LogP contribution in [0.25, 0.3) is 0 Å². The van der Waals surface area contributed by atoms with E-state index in [0.717, 1.165) is 0 Å². The zero-order valence-corrected chi connectivity index (χ0v) is 13.2. The smallest absolute Gasteiger partial charge is 0.243 e. The minimum atomic E-state index is -0.594. The van der Waals surface area contributed by atoms with E-state index in [1.165, 1.54) is 0 Å². The highest BCUT2D eigenvalue weighted by atomic mass is 16.2. The summed E-state index contributed by atoms with van der Waals surface area (Å²) in [6.07, 6.45) is 0. The van der Waals surface area contributed by atoms with Gasteiger partial charge in [-0.15, -0.1) is 0 Å².